The summed E-state index contributed by atoms with van der Waals surface area (Å²) in [6, 6.07) is 14.1. The van der Waals surface area contributed by atoms with Crippen LogP contribution < -0.4 is 10.6 Å². The number of nitrogens with zero attached hydrogens (tertiary/aromatic N) is 6. The number of hydrogen-bond acceptors (Lipinski definition) is 8. The van der Waals surface area contributed by atoms with Crippen LogP contribution in [-0.2, 0) is 11.3 Å². The van der Waals surface area contributed by atoms with Crippen molar-refractivity contribution < 1.29 is 9.53 Å². The molecule has 0 aliphatic rings. The molecule has 0 atom stereocenters. The highest BCUT2D eigenvalue weighted by atomic mass is 79.9. The number of rotatable bonds is 8. The lowest BCUT2D eigenvalue weighted by atomic mass is 10.1. The quantitative estimate of drug-likeness (QED) is 0.319. The van der Waals surface area contributed by atoms with Crippen LogP contribution in [0.2, 0.25) is 0 Å². The Morgan fingerprint density at radius 1 is 1.11 bits per heavy atom. The summed E-state index contributed by atoms with van der Waals surface area (Å²) in [4.78, 5) is 27.2. The van der Waals surface area contributed by atoms with Crippen LogP contribution in [0.4, 0.5) is 16.7 Å². The van der Waals surface area contributed by atoms with E-state index >= 15 is 0 Å². The number of aromatic nitrogens is 5. The minimum absolute atomic E-state index is 0.379. The third-order valence-corrected chi connectivity index (χ3v) is 5.69. The van der Waals surface area contributed by atoms with Gasteiger partial charge in [0.2, 0.25) is 11.9 Å². The molecule has 0 radical (unpaired) electrons. The number of likely N-dealkylation sites (N-methyl/N-ethyl adjacent to an activating group) is 1. The molecule has 0 spiro atoms. The smallest absolute Gasteiger partial charge is 0.410 e. The summed E-state index contributed by atoms with van der Waals surface area (Å²) in [5.74, 6) is 0.969. The number of ether oxygens (including phenoxy) is 1. The van der Waals surface area contributed by atoms with Gasteiger partial charge in [0, 0.05) is 38.4 Å². The lowest BCUT2D eigenvalue weighted by Crippen LogP contribution is -2.36. The van der Waals surface area contributed by atoms with Crippen molar-refractivity contribution in [2.75, 3.05) is 30.8 Å². The molecule has 0 fully saturated rings. The molecule has 0 bridgehead atoms. The monoisotopic (exact) mass is 552 g/mol. The van der Waals surface area contributed by atoms with Gasteiger partial charge in [-0.3, -0.25) is 4.98 Å². The molecule has 188 valence electrons. The minimum Gasteiger partial charge on any atom is -0.444 e. The molecular formula is C25H29BrN8O2. The molecule has 11 heteroatoms. The van der Waals surface area contributed by atoms with Gasteiger partial charge in [-0.15, -0.1) is 0 Å². The first-order valence-electron chi connectivity index (χ1n) is 11.5. The average molecular weight is 553 g/mol. The Balaban J connectivity index is 1.42. The molecule has 0 aliphatic carbocycles. The summed E-state index contributed by atoms with van der Waals surface area (Å²) in [7, 11) is 1.69. The highest BCUT2D eigenvalue weighted by molar-refractivity contribution is 9.10. The number of nitrogens with one attached hydrogen (secondary N) is 2. The average Bonchev–Trinajstić information content (AvgIpc) is 3.23. The van der Waals surface area contributed by atoms with Crippen LogP contribution in [0.3, 0.4) is 0 Å². The summed E-state index contributed by atoms with van der Waals surface area (Å²) in [6.45, 7) is 6.95. The molecule has 4 aromatic rings. The lowest BCUT2D eigenvalue weighted by molar-refractivity contribution is 0.0305. The van der Waals surface area contributed by atoms with E-state index in [9.17, 15) is 4.79 Å². The van der Waals surface area contributed by atoms with Crippen LogP contribution in [0, 0.1) is 0 Å². The van der Waals surface area contributed by atoms with Gasteiger partial charge in [0.05, 0.1) is 16.4 Å². The summed E-state index contributed by atoms with van der Waals surface area (Å²) in [6.07, 6.45) is 3.08. The SMILES string of the molecule is CN(CCNc1nc(NCc2ccc(-c3ccccn3)cc2)n2ncc(Br)c2n1)C(=O)OC(C)(C)C. The highest BCUT2D eigenvalue weighted by Gasteiger charge is 2.19. The van der Waals surface area contributed by atoms with Crippen LogP contribution in [0.15, 0.2) is 59.3 Å². The van der Waals surface area contributed by atoms with Crippen molar-refractivity contribution in [3.8, 4) is 11.3 Å². The van der Waals surface area contributed by atoms with E-state index in [0.29, 0.717) is 37.2 Å². The fourth-order valence-electron chi connectivity index (χ4n) is 3.32. The first-order chi connectivity index (χ1) is 17.2. The minimum atomic E-state index is -0.541. The van der Waals surface area contributed by atoms with E-state index in [1.165, 1.54) is 4.90 Å². The van der Waals surface area contributed by atoms with Gasteiger partial charge in [-0.05, 0) is 54.4 Å². The van der Waals surface area contributed by atoms with Gasteiger partial charge in [-0.2, -0.15) is 19.6 Å². The van der Waals surface area contributed by atoms with Crippen molar-refractivity contribution in [1.82, 2.24) is 29.5 Å². The molecule has 10 nitrogen and oxygen atoms in total. The van der Waals surface area contributed by atoms with Gasteiger partial charge in [-0.1, -0.05) is 30.3 Å². The zero-order chi connectivity index (χ0) is 25.7. The van der Waals surface area contributed by atoms with E-state index in [2.05, 4.69) is 58.7 Å². The molecule has 2 N–H and O–H groups in total. The number of carbonyl (C=O) groups excluding carboxylic acids is 1. The normalized spacial score (nSPS) is 11.4. The number of amides is 1. The lowest BCUT2D eigenvalue weighted by Gasteiger charge is -2.24. The molecule has 1 aromatic carbocycles. The maximum absolute atomic E-state index is 12.2. The second kappa shape index (κ2) is 10.9. The van der Waals surface area contributed by atoms with Crippen molar-refractivity contribution in [3.63, 3.8) is 0 Å². The topological polar surface area (TPSA) is 110 Å². The maximum Gasteiger partial charge on any atom is 0.410 e. The van der Waals surface area contributed by atoms with Gasteiger partial charge < -0.3 is 20.3 Å². The third kappa shape index (κ3) is 6.48. The molecule has 0 aliphatic heterocycles. The molecule has 36 heavy (non-hydrogen) atoms. The molecule has 4 rings (SSSR count). The van der Waals surface area contributed by atoms with Crippen LogP contribution >= 0.6 is 15.9 Å². The number of hydrogen-bond donors (Lipinski definition) is 2. The Labute approximate surface area is 218 Å². The number of anilines is 2. The van der Waals surface area contributed by atoms with Crippen LogP contribution in [-0.4, -0.2) is 61.3 Å². The predicted molar refractivity (Wildman–Crippen MR) is 143 cm³/mol. The molecule has 3 heterocycles. The second-order valence-corrected chi connectivity index (χ2v) is 10.0. The van der Waals surface area contributed by atoms with E-state index in [4.69, 9.17) is 4.74 Å². The second-order valence-electron chi connectivity index (χ2n) is 9.19. The highest BCUT2D eigenvalue weighted by Crippen LogP contribution is 2.21. The Bertz CT molecular complexity index is 1320. The van der Waals surface area contributed by atoms with Crippen molar-refractivity contribution >= 4 is 39.6 Å². The van der Waals surface area contributed by atoms with E-state index < -0.39 is 5.60 Å². The van der Waals surface area contributed by atoms with Crippen LogP contribution in [0.1, 0.15) is 26.3 Å². The van der Waals surface area contributed by atoms with Gasteiger partial charge in [0.15, 0.2) is 5.65 Å². The van der Waals surface area contributed by atoms with Gasteiger partial charge in [0.1, 0.15) is 5.60 Å². The van der Waals surface area contributed by atoms with Gasteiger partial charge in [-0.25, -0.2) is 4.79 Å². The standard InChI is InChI=1S/C25H29BrN8O2/c1-25(2,3)36-24(35)33(4)14-13-28-22-31-21-19(26)16-30-34(21)23(32-22)29-15-17-8-10-18(11-9-17)20-7-5-6-12-27-20/h5-12,16H,13-15H2,1-4H3,(H2,28,29,31,32). The van der Waals surface area contributed by atoms with Crippen molar-refractivity contribution in [2.45, 2.75) is 32.9 Å². The summed E-state index contributed by atoms with van der Waals surface area (Å²) >= 11 is 3.50. The number of carbonyl (C=O) groups is 1. The van der Waals surface area contributed by atoms with Crippen molar-refractivity contribution in [3.05, 3.63) is 64.9 Å². The summed E-state index contributed by atoms with van der Waals surface area (Å²) in [5, 5.41) is 10.9. The molecule has 0 saturated carbocycles. The molecule has 1 amide bonds. The van der Waals surface area contributed by atoms with Crippen molar-refractivity contribution in [2.24, 2.45) is 0 Å². The molecule has 3 aromatic heterocycles. The van der Waals surface area contributed by atoms with E-state index in [1.54, 1.807) is 24.0 Å². The molecular weight excluding hydrogens is 524 g/mol. The fraction of sp³-hybridized carbons (Fsp3) is 0.320. The van der Waals surface area contributed by atoms with E-state index in [-0.39, 0.29) is 6.09 Å². The predicted octanol–water partition coefficient (Wildman–Crippen LogP) is 4.84. The number of fused-ring (bicyclic) bond motifs is 1. The van der Waals surface area contributed by atoms with E-state index in [0.717, 1.165) is 21.3 Å². The zero-order valence-electron chi connectivity index (χ0n) is 20.7. The Morgan fingerprint density at radius 3 is 2.58 bits per heavy atom. The molecule has 0 saturated heterocycles. The fourth-order valence-corrected chi connectivity index (χ4v) is 3.67. The first kappa shape index (κ1) is 25.4. The Morgan fingerprint density at radius 2 is 1.89 bits per heavy atom. The van der Waals surface area contributed by atoms with Gasteiger partial charge >= 0.3 is 6.09 Å². The van der Waals surface area contributed by atoms with Crippen LogP contribution in [0.25, 0.3) is 16.9 Å². The van der Waals surface area contributed by atoms with Crippen molar-refractivity contribution in [1.29, 1.82) is 0 Å². The zero-order valence-corrected chi connectivity index (χ0v) is 22.3. The summed E-state index contributed by atoms with van der Waals surface area (Å²) in [5.41, 5.74) is 3.16. The Hall–Kier alpha value is -3.73. The summed E-state index contributed by atoms with van der Waals surface area (Å²) < 4.78 is 7.78. The number of benzene rings is 1. The largest absolute Gasteiger partial charge is 0.444 e. The maximum atomic E-state index is 12.2. The Kier molecular flexibility index (Phi) is 7.68. The number of halogens is 1. The third-order valence-electron chi connectivity index (χ3n) is 5.13. The van der Waals surface area contributed by atoms with Crippen LogP contribution in [0.5, 0.6) is 0 Å². The number of pyridine rings is 1. The van der Waals surface area contributed by atoms with E-state index in [1.807, 2.05) is 51.1 Å². The van der Waals surface area contributed by atoms with Gasteiger partial charge in [0.25, 0.3) is 0 Å². The molecule has 0 unspecified atom stereocenters. The first-order valence-corrected chi connectivity index (χ1v) is 12.3.